The van der Waals surface area contributed by atoms with Gasteiger partial charge in [0.15, 0.2) is 5.96 Å². The molecule has 3 rings (SSSR count). The summed E-state index contributed by atoms with van der Waals surface area (Å²) in [7, 11) is 1.81. The van der Waals surface area contributed by atoms with Crippen LogP contribution < -0.4 is 10.6 Å². The number of benzene rings is 1. The maximum atomic E-state index is 5.63. The van der Waals surface area contributed by atoms with Gasteiger partial charge in [-0.25, -0.2) is 4.98 Å². The molecule has 1 aliphatic heterocycles. The van der Waals surface area contributed by atoms with Crippen molar-refractivity contribution in [3.05, 3.63) is 41.8 Å². The summed E-state index contributed by atoms with van der Waals surface area (Å²) in [4.78, 5) is 11.5. The van der Waals surface area contributed by atoms with Crippen LogP contribution in [0.25, 0.3) is 11.5 Å². The van der Waals surface area contributed by atoms with Gasteiger partial charge in [0.1, 0.15) is 6.26 Å². The van der Waals surface area contributed by atoms with Crippen LogP contribution in [0.1, 0.15) is 37.4 Å². The molecule has 0 unspecified atom stereocenters. The number of guanidine groups is 1. The van der Waals surface area contributed by atoms with Gasteiger partial charge < -0.3 is 20.0 Å². The summed E-state index contributed by atoms with van der Waals surface area (Å²) in [6, 6.07) is 8.20. The van der Waals surface area contributed by atoms with Crippen LogP contribution in [0.4, 0.5) is 0 Å². The third kappa shape index (κ3) is 5.83. The molecule has 2 N–H and O–H groups in total. The monoisotopic (exact) mass is 383 g/mol. The first kappa shape index (κ1) is 20.4. The van der Waals surface area contributed by atoms with Crippen molar-refractivity contribution in [3.8, 4) is 11.5 Å². The van der Waals surface area contributed by atoms with Crippen molar-refractivity contribution in [1.29, 1.82) is 0 Å². The number of aromatic nitrogens is 1. The Morgan fingerprint density at radius 1 is 1.21 bits per heavy atom. The van der Waals surface area contributed by atoms with Crippen LogP contribution in [0.3, 0.4) is 0 Å². The van der Waals surface area contributed by atoms with Crippen LogP contribution in [-0.4, -0.2) is 49.1 Å². The molecular formula is C22H33N5O. The minimum absolute atomic E-state index is 0.587. The maximum absolute atomic E-state index is 5.63. The van der Waals surface area contributed by atoms with Gasteiger partial charge in [-0.2, -0.15) is 0 Å². The van der Waals surface area contributed by atoms with E-state index in [1.807, 2.05) is 12.1 Å². The number of nitrogens with zero attached hydrogens (tertiary/aromatic N) is 3. The van der Waals surface area contributed by atoms with Gasteiger partial charge in [-0.3, -0.25) is 4.99 Å². The molecule has 0 aliphatic carbocycles. The fourth-order valence-corrected chi connectivity index (χ4v) is 3.58. The van der Waals surface area contributed by atoms with Gasteiger partial charge in [0.25, 0.3) is 0 Å². The maximum Gasteiger partial charge on any atom is 0.226 e. The molecule has 0 bridgehead atoms. The highest BCUT2D eigenvalue weighted by atomic mass is 16.3. The normalized spacial score (nSPS) is 16.3. The lowest BCUT2D eigenvalue weighted by Crippen LogP contribution is -2.42. The van der Waals surface area contributed by atoms with Gasteiger partial charge in [0, 0.05) is 19.2 Å². The topological polar surface area (TPSA) is 65.7 Å². The molecule has 28 heavy (non-hydrogen) atoms. The number of hydrogen-bond donors (Lipinski definition) is 2. The molecule has 0 spiro atoms. The number of aryl methyl sites for hydroxylation is 1. The molecule has 6 heteroatoms. The van der Waals surface area contributed by atoms with Crippen molar-refractivity contribution in [1.82, 2.24) is 20.5 Å². The molecule has 1 aliphatic rings. The van der Waals surface area contributed by atoms with E-state index >= 15 is 0 Å². The molecule has 0 amide bonds. The summed E-state index contributed by atoms with van der Waals surface area (Å²) in [6.07, 6.45) is 5.46. The van der Waals surface area contributed by atoms with E-state index in [2.05, 4.69) is 51.5 Å². The van der Waals surface area contributed by atoms with Crippen molar-refractivity contribution in [2.45, 2.75) is 39.7 Å². The summed E-state index contributed by atoms with van der Waals surface area (Å²) in [5, 5.41) is 6.80. The number of rotatable bonds is 7. The number of aliphatic imine (C=N–C) groups is 1. The summed E-state index contributed by atoms with van der Waals surface area (Å²) in [5.74, 6) is 2.18. The standard InChI is InChI=1S/C22H33N5O/c1-4-11-27-12-9-18(10-13-27)14-24-22(23-3)25-15-20-16-28-21(26-20)19-7-5-17(2)6-8-19/h5-8,16,18H,4,9-15H2,1-3H3,(H2,23,24,25). The van der Waals surface area contributed by atoms with Crippen molar-refractivity contribution in [3.63, 3.8) is 0 Å². The quantitative estimate of drug-likeness (QED) is 0.566. The third-order valence-electron chi connectivity index (χ3n) is 5.32. The first-order valence-corrected chi connectivity index (χ1v) is 10.4. The van der Waals surface area contributed by atoms with E-state index in [0.29, 0.717) is 18.4 Å². The van der Waals surface area contributed by atoms with Gasteiger partial charge in [-0.15, -0.1) is 0 Å². The van der Waals surface area contributed by atoms with E-state index in [-0.39, 0.29) is 0 Å². The summed E-state index contributed by atoms with van der Waals surface area (Å²) in [6.45, 7) is 9.53. The summed E-state index contributed by atoms with van der Waals surface area (Å²) < 4.78 is 5.63. The van der Waals surface area contributed by atoms with E-state index in [0.717, 1.165) is 23.8 Å². The third-order valence-corrected chi connectivity index (χ3v) is 5.32. The zero-order valence-electron chi connectivity index (χ0n) is 17.4. The van der Waals surface area contributed by atoms with E-state index in [4.69, 9.17) is 4.42 Å². The Labute approximate surface area is 168 Å². The Hall–Kier alpha value is -2.34. The van der Waals surface area contributed by atoms with Crippen molar-refractivity contribution in [2.75, 3.05) is 33.2 Å². The van der Waals surface area contributed by atoms with Gasteiger partial charge in [-0.1, -0.05) is 24.6 Å². The van der Waals surface area contributed by atoms with Crippen molar-refractivity contribution < 1.29 is 4.42 Å². The molecular weight excluding hydrogens is 350 g/mol. The minimum Gasteiger partial charge on any atom is -0.444 e. The Balaban J connectivity index is 1.43. The molecule has 1 aromatic carbocycles. The second kappa shape index (κ2) is 10.3. The van der Waals surface area contributed by atoms with Crippen LogP contribution >= 0.6 is 0 Å². The van der Waals surface area contributed by atoms with Crippen LogP contribution in [0.2, 0.25) is 0 Å². The smallest absolute Gasteiger partial charge is 0.226 e. The highest BCUT2D eigenvalue weighted by molar-refractivity contribution is 5.79. The highest BCUT2D eigenvalue weighted by Gasteiger charge is 2.18. The molecule has 0 atom stereocenters. The van der Waals surface area contributed by atoms with Gasteiger partial charge >= 0.3 is 0 Å². The largest absolute Gasteiger partial charge is 0.444 e. The molecule has 152 valence electrons. The molecule has 1 saturated heterocycles. The van der Waals surface area contributed by atoms with Crippen molar-refractivity contribution >= 4 is 5.96 Å². The number of oxazole rings is 1. The minimum atomic E-state index is 0.587. The molecule has 0 saturated carbocycles. The first-order chi connectivity index (χ1) is 13.7. The van der Waals surface area contributed by atoms with Gasteiger partial charge in [-0.05, 0) is 63.9 Å². The Morgan fingerprint density at radius 3 is 2.64 bits per heavy atom. The van der Waals surface area contributed by atoms with E-state index < -0.39 is 0 Å². The second-order valence-electron chi connectivity index (χ2n) is 7.60. The molecule has 2 heterocycles. The lowest BCUT2D eigenvalue weighted by Gasteiger charge is -2.32. The Kier molecular flexibility index (Phi) is 7.48. The van der Waals surface area contributed by atoms with E-state index in [1.54, 1.807) is 13.3 Å². The van der Waals surface area contributed by atoms with Crippen LogP contribution in [0.5, 0.6) is 0 Å². The zero-order chi connectivity index (χ0) is 19.8. The SMILES string of the molecule is CCCN1CCC(CNC(=NC)NCc2coc(-c3ccc(C)cc3)n2)CC1. The lowest BCUT2D eigenvalue weighted by atomic mass is 9.97. The Morgan fingerprint density at radius 2 is 1.96 bits per heavy atom. The Bertz CT molecular complexity index is 745. The average Bonchev–Trinajstić information content (AvgIpc) is 3.19. The predicted molar refractivity (Wildman–Crippen MR) is 114 cm³/mol. The molecule has 0 radical (unpaired) electrons. The van der Waals surface area contributed by atoms with Gasteiger partial charge in [0.2, 0.25) is 5.89 Å². The van der Waals surface area contributed by atoms with Crippen molar-refractivity contribution in [2.24, 2.45) is 10.9 Å². The molecule has 6 nitrogen and oxygen atoms in total. The summed E-state index contributed by atoms with van der Waals surface area (Å²) in [5.41, 5.74) is 3.09. The number of hydrogen-bond acceptors (Lipinski definition) is 4. The van der Waals surface area contributed by atoms with Crippen LogP contribution in [0, 0.1) is 12.8 Å². The van der Waals surface area contributed by atoms with E-state index in [1.165, 1.54) is 44.5 Å². The van der Waals surface area contributed by atoms with E-state index in [9.17, 15) is 0 Å². The fourth-order valence-electron chi connectivity index (χ4n) is 3.58. The predicted octanol–water partition coefficient (Wildman–Crippen LogP) is 3.44. The number of likely N-dealkylation sites (tertiary alicyclic amines) is 1. The molecule has 1 aromatic heterocycles. The number of piperidine rings is 1. The van der Waals surface area contributed by atoms with Gasteiger partial charge in [0.05, 0.1) is 12.2 Å². The first-order valence-electron chi connectivity index (χ1n) is 10.4. The lowest BCUT2D eigenvalue weighted by molar-refractivity contribution is 0.185. The summed E-state index contributed by atoms with van der Waals surface area (Å²) >= 11 is 0. The number of nitrogens with one attached hydrogen (secondary N) is 2. The highest BCUT2D eigenvalue weighted by Crippen LogP contribution is 2.19. The zero-order valence-corrected chi connectivity index (χ0v) is 17.4. The van der Waals surface area contributed by atoms with Crippen LogP contribution in [0.15, 0.2) is 39.9 Å². The fraction of sp³-hybridized carbons (Fsp3) is 0.545. The average molecular weight is 384 g/mol. The second-order valence-corrected chi connectivity index (χ2v) is 7.60. The molecule has 1 fully saturated rings. The van der Waals surface area contributed by atoms with Crippen LogP contribution in [-0.2, 0) is 6.54 Å². The molecule has 2 aromatic rings.